The van der Waals surface area contributed by atoms with Crippen molar-refractivity contribution in [3.8, 4) is 0 Å². The lowest BCUT2D eigenvalue weighted by Gasteiger charge is -2.28. The SMILES string of the molecule is CCC(C)NN1C(=O)CCC1c1ccccc1. The van der Waals surface area contributed by atoms with Crippen molar-refractivity contribution >= 4 is 5.91 Å². The molecule has 17 heavy (non-hydrogen) atoms. The van der Waals surface area contributed by atoms with E-state index in [0.717, 1.165) is 12.8 Å². The first-order valence-electron chi connectivity index (χ1n) is 6.35. The number of nitrogens with one attached hydrogen (secondary N) is 1. The van der Waals surface area contributed by atoms with Gasteiger partial charge in [-0.1, -0.05) is 37.3 Å². The summed E-state index contributed by atoms with van der Waals surface area (Å²) in [5.74, 6) is 0.208. The molecule has 0 saturated carbocycles. The van der Waals surface area contributed by atoms with Crippen LogP contribution in [-0.4, -0.2) is 17.0 Å². The lowest BCUT2D eigenvalue weighted by Crippen LogP contribution is -2.45. The highest BCUT2D eigenvalue weighted by molar-refractivity contribution is 5.78. The van der Waals surface area contributed by atoms with Crippen LogP contribution >= 0.6 is 0 Å². The Bertz CT molecular complexity index is 377. The van der Waals surface area contributed by atoms with Gasteiger partial charge in [-0.3, -0.25) is 9.80 Å². The minimum atomic E-state index is 0.192. The van der Waals surface area contributed by atoms with Gasteiger partial charge in [-0.15, -0.1) is 0 Å². The molecule has 0 aromatic heterocycles. The highest BCUT2D eigenvalue weighted by Crippen LogP contribution is 2.31. The van der Waals surface area contributed by atoms with Gasteiger partial charge >= 0.3 is 0 Å². The quantitative estimate of drug-likeness (QED) is 0.865. The van der Waals surface area contributed by atoms with Crippen LogP contribution in [0.25, 0.3) is 0 Å². The molecule has 1 aliphatic rings. The first-order chi connectivity index (χ1) is 8.22. The maximum absolute atomic E-state index is 11.9. The fourth-order valence-corrected chi connectivity index (χ4v) is 2.17. The Morgan fingerprint density at radius 1 is 1.41 bits per heavy atom. The number of hydrazine groups is 1. The Labute approximate surface area is 103 Å². The average molecular weight is 232 g/mol. The predicted molar refractivity (Wildman–Crippen MR) is 68.2 cm³/mol. The van der Waals surface area contributed by atoms with Crippen LogP contribution in [0.4, 0.5) is 0 Å². The van der Waals surface area contributed by atoms with E-state index in [1.807, 2.05) is 23.2 Å². The Balaban J connectivity index is 2.14. The van der Waals surface area contributed by atoms with E-state index in [-0.39, 0.29) is 11.9 Å². The van der Waals surface area contributed by atoms with E-state index in [0.29, 0.717) is 12.5 Å². The van der Waals surface area contributed by atoms with Gasteiger partial charge in [0.15, 0.2) is 0 Å². The average Bonchev–Trinajstić information content (AvgIpc) is 2.72. The van der Waals surface area contributed by atoms with Crippen molar-refractivity contribution in [2.45, 2.75) is 45.2 Å². The zero-order valence-corrected chi connectivity index (χ0v) is 10.5. The summed E-state index contributed by atoms with van der Waals surface area (Å²) in [7, 11) is 0. The van der Waals surface area contributed by atoms with Crippen molar-refractivity contribution in [2.24, 2.45) is 0 Å². The van der Waals surface area contributed by atoms with Crippen LogP contribution < -0.4 is 5.43 Å². The molecule has 3 heteroatoms. The zero-order valence-electron chi connectivity index (χ0n) is 10.5. The second-order valence-corrected chi connectivity index (χ2v) is 4.67. The summed E-state index contributed by atoms with van der Waals surface area (Å²) in [6.45, 7) is 4.23. The van der Waals surface area contributed by atoms with E-state index in [1.54, 1.807) is 0 Å². The smallest absolute Gasteiger partial charge is 0.237 e. The van der Waals surface area contributed by atoms with Gasteiger partial charge in [0.1, 0.15) is 0 Å². The molecule has 1 saturated heterocycles. The van der Waals surface area contributed by atoms with Crippen LogP contribution in [-0.2, 0) is 4.79 Å². The van der Waals surface area contributed by atoms with E-state index in [2.05, 4.69) is 31.4 Å². The molecule has 0 radical (unpaired) electrons. The van der Waals surface area contributed by atoms with E-state index >= 15 is 0 Å². The lowest BCUT2D eigenvalue weighted by atomic mass is 10.1. The molecule has 0 spiro atoms. The van der Waals surface area contributed by atoms with Gasteiger partial charge in [-0.2, -0.15) is 0 Å². The third-order valence-electron chi connectivity index (χ3n) is 3.37. The van der Waals surface area contributed by atoms with Gasteiger partial charge < -0.3 is 0 Å². The highest BCUT2D eigenvalue weighted by Gasteiger charge is 2.32. The summed E-state index contributed by atoms with van der Waals surface area (Å²) in [6.07, 6.45) is 2.57. The molecular weight excluding hydrogens is 212 g/mol. The monoisotopic (exact) mass is 232 g/mol. The molecule has 1 N–H and O–H groups in total. The van der Waals surface area contributed by atoms with Gasteiger partial charge in [0.05, 0.1) is 6.04 Å². The number of hydrogen-bond acceptors (Lipinski definition) is 2. The summed E-state index contributed by atoms with van der Waals surface area (Å²) < 4.78 is 0. The van der Waals surface area contributed by atoms with Gasteiger partial charge in [0.2, 0.25) is 5.91 Å². The summed E-state index contributed by atoms with van der Waals surface area (Å²) in [4.78, 5) is 11.9. The van der Waals surface area contributed by atoms with Crippen molar-refractivity contribution in [3.63, 3.8) is 0 Å². The van der Waals surface area contributed by atoms with Crippen LogP contribution in [0.1, 0.15) is 44.7 Å². The fraction of sp³-hybridized carbons (Fsp3) is 0.500. The molecule has 1 amide bonds. The maximum atomic E-state index is 11.9. The third kappa shape index (κ3) is 2.67. The number of amides is 1. The van der Waals surface area contributed by atoms with E-state index < -0.39 is 0 Å². The molecule has 1 aromatic rings. The molecule has 1 heterocycles. The fourth-order valence-electron chi connectivity index (χ4n) is 2.17. The maximum Gasteiger partial charge on any atom is 0.237 e. The number of carbonyl (C=O) groups excluding carboxylic acids is 1. The normalized spacial score (nSPS) is 21.9. The third-order valence-corrected chi connectivity index (χ3v) is 3.37. The number of hydrogen-bond donors (Lipinski definition) is 1. The summed E-state index contributed by atoms with van der Waals surface area (Å²) >= 11 is 0. The van der Waals surface area contributed by atoms with Crippen LogP contribution in [0.3, 0.4) is 0 Å². The number of benzene rings is 1. The summed E-state index contributed by atoms with van der Waals surface area (Å²) in [5, 5.41) is 1.82. The zero-order chi connectivity index (χ0) is 12.3. The molecule has 1 aliphatic heterocycles. The second kappa shape index (κ2) is 5.32. The van der Waals surface area contributed by atoms with E-state index in [4.69, 9.17) is 0 Å². The molecule has 92 valence electrons. The topological polar surface area (TPSA) is 32.3 Å². The molecule has 1 aromatic carbocycles. The van der Waals surface area contributed by atoms with Crippen LogP contribution in [0, 0.1) is 0 Å². The van der Waals surface area contributed by atoms with Crippen molar-refractivity contribution in [1.29, 1.82) is 0 Å². The van der Waals surface area contributed by atoms with Crippen LogP contribution in [0.2, 0.25) is 0 Å². The van der Waals surface area contributed by atoms with Gasteiger partial charge in [0, 0.05) is 12.5 Å². The predicted octanol–water partition coefficient (Wildman–Crippen LogP) is 2.65. The number of nitrogens with zero attached hydrogens (tertiary/aromatic N) is 1. The van der Waals surface area contributed by atoms with Crippen molar-refractivity contribution < 1.29 is 4.79 Å². The number of rotatable bonds is 4. The van der Waals surface area contributed by atoms with E-state index in [9.17, 15) is 4.79 Å². The van der Waals surface area contributed by atoms with Gasteiger partial charge in [-0.05, 0) is 25.3 Å². The second-order valence-electron chi connectivity index (χ2n) is 4.67. The van der Waals surface area contributed by atoms with Crippen LogP contribution in [0.5, 0.6) is 0 Å². The Morgan fingerprint density at radius 2 is 2.12 bits per heavy atom. The first kappa shape index (κ1) is 12.1. The molecular formula is C14H20N2O. The van der Waals surface area contributed by atoms with Crippen molar-refractivity contribution in [2.75, 3.05) is 0 Å². The van der Waals surface area contributed by atoms with Gasteiger partial charge in [0.25, 0.3) is 0 Å². The Hall–Kier alpha value is -1.35. The van der Waals surface area contributed by atoms with Gasteiger partial charge in [-0.25, -0.2) is 5.43 Å². The minimum absolute atomic E-state index is 0.192. The minimum Gasteiger partial charge on any atom is -0.273 e. The molecule has 3 nitrogen and oxygen atoms in total. The molecule has 2 unspecified atom stereocenters. The number of carbonyl (C=O) groups is 1. The largest absolute Gasteiger partial charge is 0.273 e. The van der Waals surface area contributed by atoms with Crippen molar-refractivity contribution in [1.82, 2.24) is 10.4 Å². The molecule has 1 fully saturated rings. The van der Waals surface area contributed by atoms with E-state index in [1.165, 1.54) is 5.56 Å². The first-order valence-corrected chi connectivity index (χ1v) is 6.35. The molecule has 0 bridgehead atoms. The molecule has 0 aliphatic carbocycles. The molecule has 2 atom stereocenters. The lowest BCUT2D eigenvalue weighted by molar-refractivity contribution is -0.133. The highest BCUT2D eigenvalue weighted by atomic mass is 16.2. The van der Waals surface area contributed by atoms with Crippen molar-refractivity contribution in [3.05, 3.63) is 35.9 Å². The molecule has 2 rings (SSSR count). The van der Waals surface area contributed by atoms with Crippen LogP contribution in [0.15, 0.2) is 30.3 Å². The summed E-state index contributed by atoms with van der Waals surface area (Å²) in [5.41, 5.74) is 4.53. The Morgan fingerprint density at radius 3 is 2.76 bits per heavy atom. The Kier molecular flexibility index (Phi) is 3.79. The summed E-state index contributed by atoms with van der Waals surface area (Å²) in [6, 6.07) is 10.8. The standard InChI is InChI=1S/C14H20N2O/c1-3-11(2)15-16-13(9-10-14(16)17)12-7-5-4-6-8-12/h4-8,11,13,15H,3,9-10H2,1-2H3.